The number of nitrogens with zero attached hydrogens (tertiary/aromatic N) is 2. The van der Waals surface area contributed by atoms with Crippen molar-refractivity contribution in [2.45, 2.75) is 31.0 Å². The van der Waals surface area contributed by atoms with Crippen LogP contribution < -0.4 is 4.74 Å². The lowest BCUT2D eigenvalue weighted by atomic mass is 9.87. The van der Waals surface area contributed by atoms with Crippen LogP contribution in [-0.2, 0) is 20.7 Å². The first-order chi connectivity index (χ1) is 15.6. The van der Waals surface area contributed by atoms with Gasteiger partial charge in [0.2, 0.25) is 5.91 Å². The van der Waals surface area contributed by atoms with E-state index < -0.39 is 0 Å². The summed E-state index contributed by atoms with van der Waals surface area (Å²) in [7, 11) is 3.39. The molecule has 1 amide bonds. The van der Waals surface area contributed by atoms with Gasteiger partial charge >= 0.3 is 0 Å². The summed E-state index contributed by atoms with van der Waals surface area (Å²) in [6, 6.07) is 18.2. The number of hydrogen-bond donors (Lipinski definition) is 0. The van der Waals surface area contributed by atoms with Gasteiger partial charge in [-0.2, -0.15) is 0 Å². The number of rotatable bonds is 7. The van der Waals surface area contributed by atoms with Gasteiger partial charge in [-0.25, -0.2) is 0 Å². The van der Waals surface area contributed by atoms with Crippen molar-refractivity contribution in [3.05, 3.63) is 65.7 Å². The summed E-state index contributed by atoms with van der Waals surface area (Å²) < 4.78 is 17.4. The van der Waals surface area contributed by atoms with Gasteiger partial charge in [0, 0.05) is 39.8 Å². The number of piperidine rings is 1. The van der Waals surface area contributed by atoms with E-state index >= 15 is 0 Å². The predicted octanol–water partition coefficient (Wildman–Crippen LogP) is 3.32. The molecule has 2 aromatic carbocycles. The van der Waals surface area contributed by atoms with E-state index in [1.54, 1.807) is 14.2 Å². The van der Waals surface area contributed by atoms with Gasteiger partial charge in [0.1, 0.15) is 5.75 Å². The first kappa shape index (κ1) is 22.8. The van der Waals surface area contributed by atoms with E-state index in [1.807, 2.05) is 35.2 Å². The second kappa shape index (κ2) is 10.5. The number of methoxy groups -OCH3 is 2. The zero-order valence-electron chi connectivity index (χ0n) is 19.2. The molecule has 0 unspecified atom stereocenters. The molecule has 0 saturated carbocycles. The van der Waals surface area contributed by atoms with Gasteiger partial charge in [-0.15, -0.1) is 0 Å². The minimum atomic E-state index is -0.223. The largest absolute Gasteiger partial charge is 0.497 e. The topological polar surface area (TPSA) is 51.2 Å². The van der Waals surface area contributed by atoms with E-state index in [4.69, 9.17) is 14.2 Å². The van der Waals surface area contributed by atoms with E-state index in [1.165, 1.54) is 5.56 Å². The third kappa shape index (κ3) is 5.49. The van der Waals surface area contributed by atoms with Crippen LogP contribution in [0.15, 0.2) is 54.6 Å². The smallest absolute Gasteiger partial charge is 0.226 e. The van der Waals surface area contributed by atoms with E-state index in [0.717, 1.165) is 56.9 Å². The van der Waals surface area contributed by atoms with Gasteiger partial charge < -0.3 is 19.1 Å². The van der Waals surface area contributed by atoms with Crippen LogP contribution in [-0.4, -0.2) is 74.9 Å². The normalized spacial score (nSPS) is 20.9. The monoisotopic (exact) mass is 438 g/mol. The Morgan fingerprint density at radius 2 is 1.88 bits per heavy atom. The number of ether oxygens (including phenoxy) is 3. The Hall–Kier alpha value is -2.41. The van der Waals surface area contributed by atoms with E-state index in [-0.39, 0.29) is 17.6 Å². The molecule has 172 valence electrons. The maximum atomic E-state index is 12.9. The lowest BCUT2D eigenvalue weighted by Gasteiger charge is -2.50. The third-order valence-electron chi connectivity index (χ3n) is 6.63. The molecule has 32 heavy (non-hydrogen) atoms. The van der Waals surface area contributed by atoms with Gasteiger partial charge in [0.25, 0.3) is 0 Å². The highest BCUT2D eigenvalue weighted by Crippen LogP contribution is 2.37. The average Bonchev–Trinajstić information content (AvgIpc) is 2.83. The molecule has 6 nitrogen and oxygen atoms in total. The summed E-state index contributed by atoms with van der Waals surface area (Å²) >= 11 is 0. The average molecular weight is 439 g/mol. The Morgan fingerprint density at radius 1 is 1.09 bits per heavy atom. The number of amides is 1. The summed E-state index contributed by atoms with van der Waals surface area (Å²) in [6.45, 7) is 4.81. The van der Waals surface area contributed by atoms with E-state index in [9.17, 15) is 4.79 Å². The van der Waals surface area contributed by atoms with Gasteiger partial charge in [-0.3, -0.25) is 9.69 Å². The van der Waals surface area contributed by atoms with Crippen molar-refractivity contribution >= 4 is 5.91 Å². The van der Waals surface area contributed by atoms with Crippen LogP contribution in [0.5, 0.6) is 5.75 Å². The van der Waals surface area contributed by atoms with Crippen LogP contribution in [0.25, 0.3) is 0 Å². The van der Waals surface area contributed by atoms with Crippen molar-refractivity contribution in [1.82, 2.24) is 9.80 Å². The second-order valence-corrected chi connectivity index (χ2v) is 8.84. The molecule has 0 aliphatic carbocycles. The molecule has 2 fully saturated rings. The highest BCUT2D eigenvalue weighted by Gasteiger charge is 2.43. The number of hydrogen-bond acceptors (Lipinski definition) is 5. The Labute approximate surface area is 191 Å². The highest BCUT2D eigenvalue weighted by molar-refractivity contribution is 5.79. The Kier molecular flexibility index (Phi) is 7.45. The fraction of sp³-hybridized carbons (Fsp3) is 0.500. The number of morpholine rings is 1. The molecule has 0 N–H and O–H groups in total. The molecule has 2 heterocycles. The third-order valence-corrected chi connectivity index (χ3v) is 6.63. The van der Waals surface area contributed by atoms with Gasteiger partial charge in [-0.05, 0) is 36.1 Å². The fourth-order valence-electron chi connectivity index (χ4n) is 4.82. The van der Waals surface area contributed by atoms with Gasteiger partial charge in [0.05, 0.1) is 31.8 Å². The molecular formula is C26H34N2O4. The zero-order chi connectivity index (χ0) is 22.4. The molecule has 2 aliphatic rings. The number of likely N-dealkylation sites (tertiary alicyclic amines) is 1. The molecule has 6 heteroatoms. The summed E-state index contributed by atoms with van der Waals surface area (Å²) in [4.78, 5) is 17.4. The van der Waals surface area contributed by atoms with Crippen LogP contribution >= 0.6 is 0 Å². The minimum absolute atomic E-state index is 0.0424. The quantitative estimate of drug-likeness (QED) is 0.664. The second-order valence-electron chi connectivity index (χ2n) is 8.84. The molecule has 4 rings (SSSR count). The SMILES string of the molecule is COCCN1C[C@H](c2ccccc2)OC2(CCN(C(=O)Cc3cccc(OC)c3)CC2)C1. The number of carbonyl (C=O) groups excluding carboxylic acids is 1. The van der Waals surface area contributed by atoms with Crippen molar-refractivity contribution in [2.75, 3.05) is 53.6 Å². The molecule has 1 spiro atoms. The van der Waals surface area contributed by atoms with Gasteiger partial charge in [0.15, 0.2) is 0 Å². The van der Waals surface area contributed by atoms with Crippen molar-refractivity contribution in [2.24, 2.45) is 0 Å². The molecule has 1 atom stereocenters. The van der Waals surface area contributed by atoms with Crippen molar-refractivity contribution < 1.29 is 19.0 Å². The van der Waals surface area contributed by atoms with Crippen LogP contribution in [0.3, 0.4) is 0 Å². The molecule has 0 radical (unpaired) electrons. The Bertz CT molecular complexity index is 880. The molecule has 2 aliphatic heterocycles. The molecule has 2 aromatic rings. The van der Waals surface area contributed by atoms with Crippen molar-refractivity contribution in [1.29, 1.82) is 0 Å². The molecule has 2 saturated heterocycles. The summed E-state index contributed by atoms with van der Waals surface area (Å²) in [5, 5.41) is 0. The first-order valence-electron chi connectivity index (χ1n) is 11.5. The van der Waals surface area contributed by atoms with Crippen LogP contribution in [0.1, 0.15) is 30.1 Å². The predicted molar refractivity (Wildman–Crippen MR) is 124 cm³/mol. The van der Waals surface area contributed by atoms with E-state index in [0.29, 0.717) is 13.0 Å². The Morgan fingerprint density at radius 3 is 2.59 bits per heavy atom. The fourth-order valence-corrected chi connectivity index (χ4v) is 4.82. The first-order valence-corrected chi connectivity index (χ1v) is 11.5. The maximum absolute atomic E-state index is 12.9. The summed E-state index contributed by atoms with van der Waals surface area (Å²) in [6.07, 6.45) is 2.14. The molecule has 0 aromatic heterocycles. The lowest BCUT2D eigenvalue weighted by molar-refractivity contribution is -0.181. The number of benzene rings is 2. The zero-order valence-corrected chi connectivity index (χ0v) is 19.2. The van der Waals surface area contributed by atoms with E-state index in [2.05, 4.69) is 29.2 Å². The Balaban J connectivity index is 1.40. The van der Waals surface area contributed by atoms with Crippen LogP contribution in [0.4, 0.5) is 0 Å². The number of carbonyl (C=O) groups is 1. The lowest BCUT2D eigenvalue weighted by Crippen LogP contribution is -2.58. The van der Waals surface area contributed by atoms with Crippen LogP contribution in [0, 0.1) is 0 Å². The van der Waals surface area contributed by atoms with Crippen molar-refractivity contribution in [3.63, 3.8) is 0 Å². The standard InChI is InChI=1S/C26H34N2O4/c1-30-16-15-27-19-24(22-8-4-3-5-9-22)32-26(20-27)11-13-28(14-12-26)25(29)18-21-7-6-10-23(17-21)31-2/h3-10,17,24H,11-16,18-20H2,1-2H3/t24-/m1/s1. The molecule has 0 bridgehead atoms. The maximum Gasteiger partial charge on any atom is 0.226 e. The van der Waals surface area contributed by atoms with Crippen LogP contribution in [0.2, 0.25) is 0 Å². The van der Waals surface area contributed by atoms with Gasteiger partial charge in [-0.1, -0.05) is 42.5 Å². The van der Waals surface area contributed by atoms with Crippen molar-refractivity contribution in [3.8, 4) is 5.75 Å². The highest BCUT2D eigenvalue weighted by atomic mass is 16.5. The minimum Gasteiger partial charge on any atom is -0.497 e. The molecular weight excluding hydrogens is 404 g/mol. The summed E-state index contributed by atoms with van der Waals surface area (Å²) in [5.74, 6) is 0.950. The summed E-state index contributed by atoms with van der Waals surface area (Å²) in [5.41, 5.74) is 1.98.